The van der Waals surface area contributed by atoms with Crippen LogP contribution in [0.3, 0.4) is 0 Å². The zero-order valence-electron chi connectivity index (χ0n) is 18.6. The second-order valence-corrected chi connectivity index (χ2v) is 6.79. The van der Waals surface area contributed by atoms with E-state index in [9.17, 15) is 9.59 Å². The lowest BCUT2D eigenvalue weighted by Gasteiger charge is -2.08. The fraction of sp³-hybridized carbons (Fsp3) is 0.261. The van der Waals surface area contributed by atoms with E-state index in [1.165, 1.54) is 18.9 Å². The van der Waals surface area contributed by atoms with Crippen molar-refractivity contribution in [1.29, 1.82) is 0 Å². The first-order valence-corrected chi connectivity index (χ1v) is 9.74. The van der Waals surface area contributed by atoms with Gasteiger partial charge in [0.2, 0.25) is 0 Å². The Morgan fingerprint density at radius 3 is 2.22 bits per heavy atom. The van der Waals surface area contributed by atoms with Crippen LogP contribution in [0.15, 0.2) is 52.3 Å². The number of H-pyrrole nitrogens is 1. The summed E-state index contributed by atoms with van der Waals surface area (Å²) < 4.78 is 21.9. The first-order chi connectivity index (χ1) is 15.4. The molecule has 0 saturated carbocycles. The predicted molar refractivity (Wildman–Crippen MR) is 120 cm³/mol. The van der Waals surface area contributed by atoms with Crippen molar-refractivity contribution >= 4 is 17.4 Å². The largest absolute Gasteiger partial charge is 0.497 e. The smallest absolute Gasteiger partial charge is 0.311 e. The molecule has 0 unspecified atom stereocenters. The fourth-order valence-electron chi connectivity index (χ4n) is 3.23. The average molecular weight is 439 g/mol. The second kappa shape index (κ2) is 9.86. The Hall–Kier alpha value is -4.01. The predicted octanol–water partition coefficient (Wildman–Crippen LogP) is 3.05. The van der Waals surface area contributed by atoms with Crippen LogP contribution in [-0.4, -0.2) is 49.9 Å². The van der Waals surface area contributed by atoms with Crippen molar-refractivity contribution in [1.82, 2.24) is 9.78 Å². The number of rotatable bonds is 8. The highest BCUT2D eigenvalue weighted by Gasteiger charge is 2.21. The number of aliphatic imine (C=N–C) groups is 1. The van der Waals surface area contributed by atoms with Gasteiger partial charge in [0.05, 0.1) is 57.5 Å². The van der Waals surface area contributed by atoms with Crippen LogP contribution in [0, 0.1) is 0 Å². The topological polar surface area (TPSA) is 104 Å². The summed E-state index contributed by atoms with van der Waals surface area (Å²) in [6.07, 6.45) is -0.114. The lowest BCUT2D eigenvalue weighted by molar-refractivity contribution is -0.139. The molecule has 32 heavy (non-hydrogen) atoms. The number of esters is 1. The summed E-state index contributed by atoms with van der Waals surface area (Å²) in [5.74, 6) is 1.29. The lowest BCUT2D eigenvalue weighted by atomic mass is 10.1. The van der Waals surface area contributed by atoms with Gasteiger partial charge in [-0.15, -0.1) is 0 Å². The van der Waals surface area contributed by atoms with Crippen LogP contribution in [0.25, 0.3) is 5.69 Å². The summed E-state index contributed by atoms with van der Waals surface area (Å²) >= 11 is 0. The van der Waals surface area contributed by atoms with E-state index in [-0.39, 0.29) is 17.5 Å². The maximum atomic E-state index is 13.3. The van der Waals surface area contributed by atoms with Gasteiger partial charge < -0.3 is 18.9 Å². The fourth-order valence-corrected chi connectivity index (χ4v) is 3.23. The highest BCUT2D eigenvalue weighted by atomic mass is 16.5. The van der Waals surface area contributed by atoms with Gasteiger partial charge >= 0.3 is 5.97 Å². The molecule has 0 aliphatic heterocycles. The standard InChI is InChI=1S/C23H25N3O6/c1-14(24-18-11-10-17(30-3)12-20(18)31-4)22-19(13-21(27)32-5)25-26(23(22)28)15-6-8-16(29-2)9-7-15/h6-12,25H,13H2,1-5H3. The van der Waals surface area contributed by atoms with Gasteiger partial charge in [-0.25, -0.2) is 9.67 Å². The average Bonchev–Trinajstić information content (AvgIpc) is 3.14. The van der Waals surface area contributed by atoms with Gasteiger partial charge in [-0.1, -0.05) is 0 Å². The Bertz CT molecular complexity index is 1190. The van der Waals surface area contributed by atoms with Gasteiger partial charge in [0.15, 0.2) is 0 Å². The molecule has 0 spiro atoms. The van der Waals surface area contributed by atoms with E-state index in [1.54, 1.807) is 63.6 Å². The number of hydrogen-bond donors (Lipinski definition) is 1. The number of hydrogen-bond acceptors (Lipinski definition) is 7. The maximum absolute atomic E-state index is 13.3. The minimum absolute atomic E-state index is 0.114. The van der Waals surface area contributed by atoms with Crippen molar-refractivity contribution < 1.29 is 23.7 Å². The van der Waals surface area contributed by atoms with Gasteiger partial charge in [0, 0.05) is 6.07 Å². The summed E-state index contributed by atoms with van der Waals surface area (Å²) in [6, 6.07) is 12.1. The third-order valence-electron chi connectivity index (χ3n) is 4.88. The van der Waals surface area contributed by atoms with Crippen molar-refractivity contribution in [2.45, 2.75) is 13.3 Å². The van der Waals surface area contributed by atoms with E-state index in [0.29, 0.717) is 40.0 Å². The number of aromatic nitrogens is 2. The quantitative estimate of drug-likeness (QED) is 0.427. The molecule has 3 aromatic rings. The van der Waals surface area contributed by atoms with Crippen LogP contribution >= 0.6 is 0 Å². The number of aromatic amines is 1. The molecule has 0 radical (unpaired) electrons. The van der Waals surface area contributed by atoms with Crippen LogP contribution in [0.2, 0.25) is 0 Å². The number of nitrogens with zero attached hydrogens (tertiary/aromatic N) is 2. The third kappa shape index (κ3) is 4.66. The van der Waals surface area contributed by atoms with Crippen molar-refractivity contribution in [2.75, 3.05) is 28.4 Å². The van der Waals surface area contributed by atoms with E-state index in [1.807, 2.05) is 0 Å². The molecule has 1 N–H and O–H groups in total. The summed E-state index contributed by atoms with van der Waals surface area (Å²) in [4.78, 5) is 29.9. The van der Waals surface area contributed by atoms with E-state index in [2.05, 4.69) is 10.1 Å². The lowest BCUT2D eigenvalue weighted by Crippen LogP contribution is -2.20. The molecule has 0 amide bonds. The molecular weight excluding hydrogens is 414 g/mol. The van der Waals surface area contributed by atoms with E-state index >= 15 is 0 Å². The Labute approximate surface area is 185 Å². The van der Waals surface area contributed by atoms with E-state index in [4.69, 9.17) is 18.9 Å². The van der Waals surface area contributed by atoms with Gasteiger partial charge in [-0.05, 0) is 43.3 Å². The van der Waals surface area contributed by atoms with Crippen LogP contribution in [0.1, 0.15) is 18.2 Å². The Kier molecular flexibility index (Phi) is 6.99. The molecule has 168 valence electrons. The first kappa shape index (κ1) is 22.7. The summed E-state index contributed by atoms with van der Waals surface area (Å²) in [6.45, 7) is 1.70. The molecule has 0 aliphatic rings. The number of methoxy groups -OCH3 is 4. The molecular formula is C23H25N3O6. The second-order valence-electron chi connectivity index (χ2n) is 6.79. The molecule has 2 aromatic carbocycles. The highest BCUT2D eigenvalue weighted by molar-refractivity contribution is 6.02. The molecule has 9 nitrogen and oxygen atoms in total. The number of nitrogens with one attached hydrogen (secondary N) is 1. The van der Waals surface area contributed by atoms with Gasteiger partial charge in [0.1, 0.15) is 22.9 Å². The third-order valence-corrected chi connectivity index (χ3v) is 4.88. The van der Waals surface area contributed by atoms with Gasteiger partial charge in [-0.3, -0.25) is 14.7 Å². The summed E-state index contributed by atoms with van der Waals surface area (Å²) in [5.41, 5.74) is 1.86. The molecule has 1 aromatic heterocycles. The van der Waals surface area contributed by atoms with Crippen LogP contribution < -0.4 is 19.8 Å². The van der Waals surface area contributed by atoms with Crippen molar-refractivity contribution in [3.8, 4) is 22.9 Å². The number of ether oxygens (including phenoxy) is 4. The Morgan fingerprint density at radius 1 is 0.969 bits per heavy atom. The van der Waals surface area contributed by atoms with Crippen LogP contribution in [0.5, 0.6) is 17.2 Å². The van der Waals surface area contributed by atoms with Gasteiger partial charge in [0.25, 0.3) is 5.56 Å². The molecule has 3 rings (SSSR count). The molecule has 0 saturated heterocycles. The number of carbonyl (C=O) groups excluding carboxylic acids is 1. The van der Waals surface area contributed by atoms with Crippen molar-refractivity contribution in [2.24, 2.45) is 4.99 Å². The van der Waals surface area contributed by atoms with Crippen molar-refractivity contribution in [3.63, 3.8) is 0 Å². The normalized spacial score (nSPS) is 11.2. The Balaban J connectivity index is 2.13. The minimum atomic E-state index is -0.482. The molecule has 0 fully saturated rings. The SMILES string of the molecule is COC(=O)Cc1[nH]n(-c2ccc(OC)cc2)c(=O)c1C(C)=Nc1ccc(OC)cc1OC. The zero-order chi connectivity index (χ0) is 23.3. The van der Waals surface area contributed by atoms with Crippen LogP contribution in [0.4, 0.5) is 5.69 Å². The highest BCUT2D eigenvalue weighted by Crippen LogP contribution is 2.32. The van der Waals surface area contributed by atoms with Crippen LogP contribution in [-0.2, 0) is 16.0 Å². The minimum Gasteiger partial charge on any atom is -0.497 e. The molecule has 1 heterocycles. The number of carbonyl (C=O) groups is 1. The molecule has 0 bridgehead atoms. The Morgan fingerprint density at radius 2 is 1.62 bits per heavy atom. The first-order valence-electron chi connectivity index (χ1n) is 9.74. The van der Waals surface area contributed by atoms with E-state index in [0.717, 1.165) is 0 Å². The molecule has 0 atom stereocenters. The van der Waals surface area contributed by atoms with E-state index < -0.39 is 5.97 Å². The zero-order valence-corrected chi connectivity index (χ0v) is 18.6. The van der Waals surface area contributed by atoms with Crippen molar-refractivity contribution in [3.05, 3.63) is 64.1 Å². The maximum Gasteiger partial charge on any atom is 0.311 e. The molecule has 0 aliphatic carbocycles. The van der Waals surface area contributed by atoms with Gasteiger partial charge in [-0.2, -0.15) is 0 Å². The summed E-state index contributed by atoms with van der Waals surface area (Å²) in [5, 5.41) is 3.01. The summed E-state index contributed by atoms with van der Waals surface area (Å²) in [7, 11) is 5.95. The molecule has 9 heteroatoms. The number of benzene rings is 2. The monoisotopic (exact) mass is 439 g/mol.